The highest BCUT2D eigenvalue weighted by atomic mass is 15.5. The Balaban J connectivity index is 1.75. The van der Waals surface area contributed by atoms with E-state index in [0.717, 1.165) is 37.6 Å². The molecular formula is C31H38N4. The summed E-state index contributed by atoms with van der Waals surface area (Å²) in [4.78, 5) is 4.80. The molecule has 182 valence electrons. The molecule has 0 aromatic heterocycles. The van der Waals surface area contributed by atoms with Crippen LogP contribution in [0.25, 0.3) is 6.08 Å². The number of hydrogen-bond donors (Lipinski definition) is 1. The predicted molar refractivity (Wildman–Crippen MR) is 150 cm³/mol. The number of hydrazine groups is 1. The number of benzene rings is 3. The summed E-state index contributed by atoms with van der Waals surface area (Å²) in [6.45, 7) is 12.8. The van der Waals surface area contributed by atoms with Crippen molar-refractivity contribution < 1.29 is 0 Å². The third kappa shape index (κ3) is 5.54. The second kappa shape index (κ2) is 11.7. The van der Waals surface area contributed by atoms with Crippen LogP contribution in [0.1, 0.15) is 44.9 Å². The lowest BCUT2D eigenvalue weighted by Crippen LogP contribution is -2.36. The van der Waals surface area contributed by atoms with E-state index in [-0.39, 0.29) is 6.04 Å². The van der Waals surface area contributed by atoms with Crippen LogP contribution in [-0.2, 0) is 0 Å². The molecule has 1 aliphatic heterocycles. The average Bonchev–Trinajstić information content (AvgIpc) is 3.36. The Morgan fingerprint density at radius 3 is 1.94 bits per heavy atom. The molecule has 0 saturated heterocycles. The molecule has 3 aromatic carbocycles. The number of anilines is 2. The first-order valence-electron chi connectivity index (χ1n) is 12.9. The summed E-state index contributed by atoms with van der Waals surface area (Å²) >= 11 is 0. The second-order valence-corrected chi connectivity index (χ2v) is 8.72. The lowest BCUT2D eigenvalue weighted by atomic mass is 10.0. The first-order valence-corrected chi connectivity index (χ1v) is 12.9. The molecule has 0 radical (unpaired) electrons. The van der Waals surface area contributed by atoms with E-state index in [4.69, 9.17) is 0 Å². The third-order valence-corrected chi connectivity index (χ3v) is 6.72. The van der Waals surface area contributed by atoms with Crippen LogP contribution in [0.4, 0.5) is 11.4 Å². The van der Waals surface area contributed by atoms with Crippen LogP contribution >= 0.6 is 0 Å². The number of hydrogen-bond acceptors (Lipinski definition) is 4. The smallest absolute Gasteiger partial charge is 0.0958 e. The molecule has 4 heteroatoms. The molecule has 0 amide bonds. The van der Waals surface area contributed by atoms with Crippen molar-refractivity contribution in [3.05, 3.63) is 114 Å². The van der Waals surface area contributed by atoms with E-state index in [1.54, 1.807) is 0 Å². The van der Waals surface area contributed by atoms with Gasteiger partial charge in [-0.25, -0.2) is 0 Å². The maximum atomic E-state index is 3.76. The molecule has 1 N–H and O–H groups in total. The monoisotopic (exact) mass is 466 g/mol. The van der Waals surface area contributed by atoms with Crippen molar-refractivity contribution in [1.82, 2.24) is 10.3 Å². The van der Waals surface area contributed by atoms with Gasteiger partial charge in [-0.2, -0.15) is 0 Å². The molecular weight excluding hydrogens is 428 g/mol. The Hall–Kier alpha value is -3.66. The van der Waals surface area contributed by atoms with Crippen LogP contribution in [0.3, 0.4) is 0 Å². The van der Waals surface area contributed by atoms with Gasteiger partial charge in [-0.05, 0) is 75.2 Å². The van der Waals surface area contributed by atoms with Crippen LogP contribution in [0, 0.1) is 0 Å². The zero-order valence-corrected chi connectivity index (χ0v) is 21.5. The Bertz CT molecular complexity index is 1110. The standard InChI is InChI=1S/C31H38N4/c1-5-33(6-2)27-21-19-26(20-22-27)30-24-29(32-35(30)28-17-13-10-14-18-28)31(34(7-3)8-4)23-25-15-11-9-12-16-25/h9-24,30,32H,5-8H2,1-4H3. The number of para-hydroxylation sites is 1. The maximum Gasteiger partial charge on any atom is 0.0958 e. The molecule has 0 spiro atoms. The molecule has 0 saturated carbocycles. The van der Waals surface area contributed by atoms with Gasteiger partial charge < -0.3 is 9.80 Å². The number of nitrogens with zero attached hydrogens (tertiary/aromatic N) is 3. The van der Waals surface area contributed by atoms with Gasteiger partial charge in [0, 0.05) is 31.9 Å². The first-order chi connectivity index (χ1) is 17.2. The van der Waals surface area contributed by atoms with Gasteiger partial charge in [0.05, 0.1) is 23.1 Å². The average molecular weight is 467 g/mol. The highest BCUT2D eigenvalue weighted by molar-refractivity contribution is 5.62. The molecule has 4 rings (SSSR count). The van der Waals surface area contributed by atoms with E-state index < -0.39 is 0 Å². The van der Waals surface area contributed by atoms with Gasteiger partial charge in [0.2, 0.25) is 0 Å². The van der Waals surface area contributed by atoms with Crippen molar-refractivity contribution in [3.63, 3.8) is 0 Å². The molecule has 0 bridgehead atoms. The lowest BCUT2D eigenvalue weighted by molar-refractivity contribution is 0.388. The Morgan fingerprint density at radius 2 is 1.37 bits per heavy atom. The van der Waals surface area contributed by atoms with Crippen LogP contribution in [0.5, 0.6) is 0 Å². The highest BCUT2D eigenvalue weighted by Gasteiger charge is 2.29. The fourth-order valence-corrected chi connectivity index (χ4v) is 4.75. The van der Waals surface area contributed by atoms with Crippen LogP contribution in [-0.4, -0.2) is 31.1 Å². The molecule has 3 aromatic rings. The van der Waals surface area contributed by atoms with Gasteiger partial charge in [-0.15, -0.1) is 0 Å². The fraction of sp³-hybridized carbons (Fsp3) is 0.290. The molecule has 0 fully saturated rings. The normalized spacial score (nSPS) is 15.5. The lowest BCUT2D eigenvalue weighted by Gasteiger charge is -2.30. The largest absolute Gasteiger partial charge is 0.372 e. The molecule has 4 nitrogen and oxygen atoms in total. The SMILES string of the molecule is CCN(CC)C(=Cc1ccccc1)C1=CC(c2ccc(N(CC)CC)cc2)N(c2ccccc2)N1. The summed E-state index contributed by atoms with van der Waals surface area (Å²) in [6.07, 6.45) is 4.66. The quantitative estimate of drug-likeness (QED) is 0.352. The zero-order valence-electron chi connectivity index (χ0n) is 21.5. The molecule has 1 aliphatic rings. The van der Waals surface area contributed by atoms with E-state index in [0.29, 0.717) is 0 Å². The molecule has 1 heterocycles. The van der Waals surface area contributed by atoms with Crippen molar-refractivity contribution in [3.8, 4) is 0 Å². The Morgan fingerprint density at radius 1 is 0.771 bits per heavy atom. The second-order valence-electron chi connectivity index (χ2n) is 8.72. The zero-order chi connectivity index (χ0) is 24.6. The van der Waals surface area contributed by atoms with Crippen molar-refractivity contribution in [2.24, 2.45) is 0 Å². The minimum atomic E-state index is 0.0906. The molecule has 35 heavy (non-hydrogen) atoms. The summed E-state index contributed by atoms with van der Waals surface area (Å²) in [5.74, 6) is 0. The van der Waals surface area contributed by atoms with Gasteiger partial charge in [0.15, 0.2) is 0 Å². The first kappa shape index (κ1) is 24.5. The van der Waals surface area contributed by atoms with Crippen LogP contribution in [0.15, 0.2) is 102 Å². The Labute approximate surface area is 211 Å². The van der Waals surface area contributed by atoms with Crippen molar-refractivity contribution in [2.45, 2.75) is 33.7 Å². The summed E-state index contributed by atoms with van der Waals surface area (Å²) < 4.78 is 0. The van der Waals surface area contributed by atoms with E-state index in [1.165, 1.54) is 22.5 Å². The minimum absolute atomic E-state index is 0.0906. The summed E-state index contributed by atoms with van der Waals surface area (Å²) in [7, 11) is 0. The van der Waals surface area contributed by atoms with Gasteiger partial charge in [0.25, 0.3) is 0 Å². The summed E-state index contributed by atoms with van der Waals surface area (Å²) in [6, 6.07) is 30.3. The highest BCUT2D eigenvalue weighted by Crippen LogP contribution is 2.35. The summed E-state index contributed by atoms with van der Waals surface area (Å²) in [5.41, 5.74) is 11.0. The molecule has 1 unspecified atom stereocenters. The number of rotatable bonds is 10. The maximum absolute atomic E-state index is 3.76. The molecule has 0 aliphatic carbocycles. The topological polar surface area (TPSA) is 21.8 Å². The predicted octanol–water partition coefficient (Wildman–Crippen LogP) is 6.87. The van der Waals surface area contributed by atoms with Gasteiger partial charge in [-0.1, -0.05) is 60.7 Å². The van der Waals surface area contributed by atoms with E-state index in [9.17, 15) is 0 Å². The van der Waals surface area contributed by atoms with Crippen molar-refractivity contribution >= 4 is 17.5 Å². The Kier molecular flexibility index (Phi) is 8.15. The van der Waals surface area contributed by atoms with Gasteiger partial charge >= 0.3 is 0 Å². The van der Waals surface area contributed by atoms with Crippen molar-refractivity contribution in [2.75, 3.05) is 36.1 Å². The van der Waals surface area contributed by atoms with Gasteiger partial charge in [-0.3, -0.25) is 10.4 Å². The van der Waals surface area contributed by atoms with Crippen LogP contribution < -0.4 is 15.3 Å². The van der Waals surface area contributed by atoms with E-state index >= 15 is 0 Å². The van der Waals surface area contributed by atoms with Crippen molar-refractivity contribution in [1.29, 1.82) is 0 Å². The summed E-state index contributed by atoms with van der Waals surface area (Å²) in [5, 5.41) is 2.28. The van der Waals surface area contributed by atoms with Gasteiger partial charge in [0.1, 0.15) is 0 Å². The molecule has 1 atom stereocenters. The minimum Gasteiger partial charge on any atom is -0.372 e. The fourth-order valence-electron chi connectivity index (χ4n) is 4.75. The van der Waals surface area contributed by atoms with Crippen LogP contribution in [0.2, 0.25) is 0 Å². The third-order valence-electron chi connectivity index (χ3n) is 6.72. The van der Waals surface area contributed by atoms with E-state index in [2.05, 4.69) is 145 Å². The number of likely N-dealkylation sites (N-methyl/N-ethyl adjacent to an activating group) is 1. The number of nitrogens with one attached hydrogen (secondary N) is 1. The van der Waals surface area contributed by atoms with E-state index in [1.807, 2.05) is 0 Å².